The number of amides is 2. The summed E-state index contributed by atoms with van der Waals surface area (Å²) < 4.78 is 5.30. The van der Waals surface area contributed by atoms with E-state index in [0.29, 0.717) is 24.7 Å². The number of benzene rings is 1. The number of rotatable bonds is 4. The van der Waals surface area contributed by atoms with Gasteiger partial charge in [0.15, 0.2) is 5.82 Å². The lowest BCUT2D eigenvalue weighted by molar-refractivity contribution is 0.0806. The molecule has 0 radical (unpaired) electrons. The van der Waals surface area contributed by atoms with E-state index in [-0.39, 0.29) is 12.1 Å². The Kier molecular flexibility index (Phi) is 5.06. The molecule has 27 heavy (non-hydrogen) atoms. The third-order valence-electron chi connectivity index (χ3n) is 4.38. The van der Waals surface area contributed by atoms with Crippen LogP contribution in [0, 0.1) is 0 Å². The maximum atomic E-state index is 12.2. The highest BCUT2D eigenvalue weighted by molar-refractivity contribution is 5.95. The Bertz CT molecular complexity index is 947. The van der Waals surface area contributed by atoms with Gasteiger partial charge in [-0.3, -0.25) is 5.10 Å². The molecule has 2 amide bonds. The number of fused-ring (bicyclic) bond motifs is 1. The molecule has 138 valence electrons. The fourth-order valence-corrected chi connectivity index (χ4v) is 2.99. The van der Waals surface area contributed by atoms with Crippen molar-refractivity contribution in [2.45, 2.75) is 18.9 Å². The molecule has 3 aromatic rings. The summed E-state index contributed by atoms with van der Waals surface area (Å²) in [5.41, 5.74) is 2.33. The highest BCUT2D eigenvalue weighted by Gasteiger charge is 2.16. The van der Waals surface area contributed by atoms with Crippen LogP contribution in [-0.2, 0) is 4.74 Å². The first kappa shape index (κ1) is 17.2. The summed E-state index contributed by atoms with van der Waals surface area (Å²) >= 11 is 0. The monoisotopic (exact) mass is 364 g/mol. The number of nitrogens with zero attached hydrogens (tertiary/aromatic N) is 3. The first-order chi connectivity index (χ1) is 13.3. The average Bonchev–Trinajstić information content (AvgIpc) is 3.10. The maximum Gasteiger partial charge on any atom is 0.319 e. The predicted octanol–water partition coefficient (Wildman–Crippen LogP) is 2.82. The van der Waals surface area contributed by atoms with Gasteiger partial charge in [0, 0.05) is 42.7 Å². The summed E-state index contributed by atoms with van der Waals surface area (Å²) in [5.74, 6) is 0.622. The molecule has 8 heteroatoms. The summed E-state index contributed by atoms with van der Waals surface area (Å²) in [6, 6.07) is 7.37. The molecule has 0 atom stereocenters. The lowest BCUT2D eigenvalue weighted by Crippen LogP contribution is -2.41. The summed E-state index contributed by atoms with van der Waals surface area (Å²) in [7, 11) is 0. The largest absolute Gasteiger partial charge is 0.381 e. The van der Waals surface area contributed by atoms with Gasteiger partial charge in [-0.2, -0.15) is 5.10 Å². The van der Waals surface area contributed by atoms with E-state index < -0.39 is 0 Å². The van der Waals surface area contributed by atoms with Crippen molar-refractivity contribution in [2.75, 3.05) is 18.5 Å². The molecule has 1 aromatic carbocycles. The molecule has 0 saturated carbocycles. The van der Waals surface area contributed by atoms with Crippen molar-refractivity contribution < 1.29 is 9.53 Å². The Hall–Kier alpha value is -3.26. The van der Waals surface area contributed by atoms with E-state index in [0.717, 1.165) is 29.4 Å². The quantitative estimate of drug-likeness (QED) is 0.660. The minimum atomic E-state index is -0.206. The van der Waals surface area contributed by atoms with E-state index in [9.17, 15) is 4.79 Å². The molecule has 8 nitrogen and oxygen atoms in total. The van der Waals surface area contributed by atoms with Gasteiger partial charge in [0.1, 0.15) is 0 Å². The molecule has 4 rings (SSSR count). The van der Waals surface area contributed by atoms with Crippen LogP contribution in [0.25, 0.3) is 23.1 Å². The number of H-pyrrole nitrogens is 1. The zero-order chi connectivity index (χ0) is 18.5. The fourth-order valence-electron chi connectivity index (χ4n) is 2.99. The topological polar surface area (TPSA) is 105 Å². The van der Waals surface area contributed by atoms with E-state index in [4.69, 9.17) is 4.74 Å². The van der Waals surface area contributed by atoms with Crippen LogP contribution in [0.2, 0.25) is 0 Å². The van der Waals surface area contributed by atoms with Crippen molar-refractivity contribution in [1.82, 2.24) is 25.5 Å². The van der Waals surface area contributed by atoms with Crippen LogP contribution in [0.4, 0.5) is 10.5 Å². The van der Waals surface area contributed by atoms with Gasteiger partial charge in [-0.05, 0) is 49.3 Å². The van der Waals surface area contributed by atoms with Crippen LogP contribution >= 0.6 is 0 Å². The van der Waals surface area contributed by atoms with E-state index >= 15 is 0 Å². The van der Waals surface area contributed by atoms with E-state index in [1.165, 1.54) is 0 Å². The van der Waals surface area contributed by atoms with E-state index in [1.807, 2.05) is 30.4 Å². The van der Waals surface area contributed by atoms with Crippen LogP contribution in [0.1, 0.15) is 24.4 Å². The smallest absolute Gasteiger partial charge is 0.319 e. The number of carbonyl (C=O) groups is 1. The van der Waals surface area contributed by atoms with Gasteiger partial charge in [0.2, 0.25) is 0 Å². The number of urea groups is 1. The lowest BCUT2D eigenvalue weighted by atomic mass is 10.1. The number of ether oxygens (including phenoxy) is 1. The standard InChI is InChI=1S/C19H20N6O2/c26-19(22-13-6-10-27-11-7-13)23-14-2-3-15-16(24-25-17(15)12-14)4-5-18-20-8-1-9-21-18/h1-5,8-9,12-13H,6-7,10-11H2,(H,24,25)(H2,22,23,26)/b5-4+. The van der Waals surface area contributed by atoms with Crippen molar-refractivity contribution in [3.8, 4) is 0 Å². The number of aromatic amines is 1. The van der Waals surface area contributed by atoms with Gasteiger partial charge in [-0.25, -0.2) is 14.8 Å². The van der Waals surface area contributed by atoms with Crippen LogP contribution in [0.5, 0.6) is 0 Å². The maximum absolute atomic E-state index is 12.2. The van der Waals surface area contributed by atoms with E-state index in [2.05, 4.69) is 30.8 Å². The van der Waals surface area contributed by atoms with Crippen molar-refractivity contribution in [2.24, 2.45) is 0 Å². The number of aromatic nitrogens is 4. The Labute approximate surface area is 156 Å². The molecular weight excluding hydrogens is 344 g/mol. The third kappa shape index (κ3) is 4.29. The van der Waals surface area contributed by atoms with Crippen molar-refractivity contribution in [3.63, 3.8) is 0 Å². The summed E-state index contributed by atoms with van der Waals surface area (Å²) in [6.45, 7) is 1.38. The summed E-state index contributed by atoms with van der Waals surface area (Å²) in [4.78, 5) is 20.5. The first-order valence-corrected chi connectivity index (χ1v) is 8.86. The molecular formula is C19H20N6O2. The molecule has 1 saturated heterocycles. The molecule has 0 aliphatic carbocycles. The van der Waals surface area contributed by atoms with Gasteiger partial charge in [0.25, 0.3) is 0 Å². The average molecular weight is 364 g/mol. The Morgan fingerprint density at radius 1 is 1.19 bits per heavy atom. The minimum Gasteiger partial charge on any atom is -0.381 e. The van der Waals surface area contributed by atoms with Crippen molar-refractivity contribution >= 4 is 34.8 Å². The van der Waals surface area contributed by atoms with Crippen LogP contribution in [0.15, 0.2) is 36.7 Å². The number of hydrogen-bond acceptors (Lipinski definition) is 5. The highest BCUT2D eigenvalue weighted by Crippen LogP contribution is 2.21. The number of hydrogen-bond donors (Lipinski definition) is 3. The molecule has 0 bridgehead atoms. The number of nitrogens with one attached hydrogen (secondary N) is 3. The lowest BCUT2D eigenvalue weighted by Gasteiger charge is -2.23. The number of carbonyl (C=O) groups excluding carboxylic acids is 1. The Balaban J connectivity index is 1.44. The fraction of sp³-hybridized carbons (Fsp3) is 0.263. The molecule has 1 fully saturated rings. The SMILES string of the molecule is O=C(Nc1ccc2c(/C=C/c3ncccn3)n[nH]c2c1)NC1CCOCC1. The highest BCUT2D eigenvalue weighted by atomic mass is 16.5. The second-order valence-electron chi connectivity index (χ2n) is 6.29. The predicted molar refractivity (Wildman–Crippen MR) is 103 cm³/mol. The van der Waals surface area contributed by atoms with Gasteiger partial charge in [-0.15, -0.1) is 0 Å². The number of anilines is 1. The second-order valence-corrected chi connectivity index (χ2v) is 6.29. The van der Waals surface area contributed by atoms with Gasteiger partial charge in [0.05, 0.1) is 11.2 Å². The van der Waals surface area contributed by atoms with Crippen molar-refractivity contribution in [1.29, 1.82) is 0 Å². The Morgan fingerprint density at radius 3 is 2.81 bits per heavy atom. The third-order valence-corrected chi connectivity index (χ3v) is 4.38. The van der Waals surface area contributed by atoms with Crippen LogP contribution in [-0.4, -0.2) is 45.5 Å². The summed E-state index contributed by atoms with van der Waals surface area (Å²) in [6.07, 6.45) is 8.74. The Morgan fingerprint density at radius 2 is 2.00 bits per heavy atom. The van der Waals surface area contributed by atoms with Gasteiger partial charge in [-0.1, -0.05) is 0 Å². The van der Waals surface area contributed by atoms with Crippen molar-refractivity contribution in [3.05, 3.63) is 48.2 Å². The molecule has 0 unspecified atom stereocenters. The molecule has 0 spiro atoms. The molecule has 1 aliphatic heterocycles. The normalized spacial score (nSPS) is 15.3. The van der Waals surface area contributed by atoms with Gasteiger partial charge < -0.3 is 15.4 Å². The summed E-state index contributed by atoms with van der Waals surface area (Å²) in [5, 5.41) is 14.1. The molecule has 3 N–H and O–H groups in total. The van der Waals surface area contributed by atoms with E-state index in [1.54, 1.807) is 18.5 Å². The van der Waals surface area contributed by atoms with Crippen LogP contribution in [0.3, 0.4) is 0 Å². The second kappa shape index (κ2) is 7.96. The molecule has 3 heterocycles. The minimum absolute atomic E-state index is 0.159. The zero-order valence-corrected chi connectivity index (χ0v) is 14.7. The van der Waals surface area contributed by atoms with Gasteiger partial charge >= 0.3 is 6.03 Å². The molecule has 2 aromatic heterocycles. The van der Waals surface area contributed by atoms with Crippen LogP contribution < -0.4 is 10.6 Å². The molecule has 1 aliphatic rings. The zero-order valence-electron chi connectivity index (χ0n) is 14.7. The first-order valence-electron chi connectivity index (χ1n) is 8.86.